The van der Waals surface area contributed by atoms with Gasteiger partial charge in [0.2, 0.25) is 10.9 Å². The van der Waals surface area contributed by atoms with Crippen LogP contribution < -0.4 is 0 Å². The Hall–Kier alpha value is -2.82. The molecular weight excluding hydrogens is 420 g/mol. The van der Waals surface area contributed by atoms with Crippen LogP contribution in [0.4, 0.5) is 0 Å². The molecule has 0 spiro atoms. The quantitative estimate of drug-likeness (QED) is 0.533. The number of esters is 1. The number of para-hydroxylation sites is 1. The zero-order valence-corrected chi connectivity index (χ0v) is 18.3. The first-order chi connectivity index (χ1) is 14.9. The van der Waals surface area contributed by atoms with Gasteiger partial charge < -0.3 is 9.15 Å². The van der Waals surface area contributed by atoms with Crippen LogP contribution in [-0.2, 0) is 21.3 Å². The number of piperazine rings is 1. The molecule has 164 valence electrons. The maximum Gasteiger partial charge on any atom is 0.374 e. The predicted molar refractivity (Wildman–Crippen MR) is 113 cm³/mol. The topological polar surface area (TPSA) is 106 Å². The molecule has 1 fully saturated rings. The minimum absolute atomic E-state index is 0.122. The van der Waals surface area contributed by atoms with Gasteiger partial charge in [0, 0.05) is 37.3 Å². The van der Waals surface area contributed by atoms with E-state index in [2.05, 4.69) is 14.9 Å². The third kappa shape index (κ3) is 4.46. The fourth-order valence-corrected chi connectivity index (χ4v) is 4.93. The molecule has 0 atom stereocenters. The van der Waals surface area contributed by atoms with Gasteiger partial charge in [-0.2, -0.15) is 4.31 Å². The number of carbonyl (C=O) groups is 1. The molecule has 2 aromatic heterocycles. The first-order valence-electron chi connectivity index (χ1n) is 10.1. The van der Waals surface area contributed by atoms with Crippen molar-refractivity contribution in [2.24, 2.45) is 0 Å². The van der Waals surface area contributed by atoms with Crippen LogP contribution >= 0.6 is 0 Å². The molecule has 1 saturated heterocycles. The largest absolute Gasteiger partial charge is 0.460 e. The Labute approximate surface area is 180 Å². The lowest BCUT2D eigenvalue weighted by atomic mass is 10.2. The smallest absolute Gasteiger partial charge is 0.374 e. The van der Waals surface area contributed by atoms with Crippen LogP contribution in [0.15, 0.2) is 45.9 Å². The van der Waals surface area contributed by atoms with E-state index in [1.807, 2.05) is 31.2 Å². The molecule has 0 radical (unpaired) electrons. The highest BCUT2D eigenvalue weighted by molar-refractivity contribution is 7.89. The summed E-state index contributed by atoms with van der Waals surface area (Å²) in [4.78, 5) is 23.1. The van der Waals surface area contributed by atoms with Crippen LogP contribution in [0.2, 0.25) is 0 Å². The summed E-state index contributed by atoms with van der Waals surface area (Å²) in [7, 11) is -3.82. The predicted octanol–water partition coefficient (Wildman–Crippen LogP) is 2.21. The second-order valence-electron chi connectivity index (χ2n) is 7.26. The number of carbonyl (C=O) groups excluding carboxylic acids is 1. The molecule has 1 aliphatic heterocycles. The van der Waals surface area contributed by atoms with Crippen molar-refractivity contribution in [1.29, 1.82) is 0 Å². The van der Waals surface area contributed by atoms with Crippen molar-refractivity contribution in [3.05, 3.63) is 53.7 Å². The molecule has 0 saturated carbocycles. The third-order valence-corrected chi connectivity index (χ3v) is 6.96. The number of rotatable bonds is 6. The van der Waals surface area contributed by atoms with E-state index in [4.69, 9.17) is 9.15 Å². The summed E-state index contributed by atoms with van der Waals surface area (Å²) in [6.45, 7) is 6.07. The number of aryl methyl sites for hydroxylation is 1. The van der Waals surface area contributed by atoms with E-state index >= 15 is 0 Å². The van der Waals surface area contributed by atoms with E-state index in [0.29, 0.717) is 32.7 Å². The van der Waals surface area contributed by atoms with Gasteiger partial charge in [0.1, 0.15) is 5.82 Å². The number of fused-ring (bicyclic) bond motifs is 1. The minimum Gasteiger partial charge on any atom is -0.460 e. The molecular formula is C21H24N4O5S. The summed E-state index contributed by atoms with van der Waals surface area (Å²) < 4.78 is 37.2. The molecule has 9 nitrogen and oxygen atoms in total. The van der Waals surface area contributed by atoms with Crippen molar-refractivity contribution in [3.8, 4) is 0 Å². The van der Waals surface area contributed by atoms with Gasteiger partial charge in [-0.05, 0) is 32.0 Å². The van der Waals surface area contributed by atoms with Crippen molar-refractivity contribution in [1.82, 2.24) is 19.2 Å². The van der Waals surface area contributed by atoms with Crippen molar-refractivity contribution >= 4 is 26.9 Å². The van der Waals surface area contributed by atoms with Gasteiger partial charge >= 0.3 is 5.97 Å². The highest BCUT2D eigenvalue weighted by Crippen LogP contribution is 2.22. The number of benzene rings is 1. The van der Waals surface area contributed by atoms with E-state index < -0.39 is 16.0 Å². The summed E-state index contributed by atoms with van der Waals surface area (Å²) in [5.41, 5.74) is 1.83. The van der Waals surface area contributed by atoms with Crippen LogP contribution in [0, 0.1) is 6.92 Å². The van der Waals surface area contributed by atoms with E-state index in [1.54, 1.807) is 6.92 Å². The maximum atomic E-state index is 12.9. The highest BCUT2D eigenvalue weighted by Gasteiger charge is 2.32. The fourth-order valence-electron chi connectivity index (χ4n) is 3.59. The summed E-state index contributed by atoms with van der Waals surface area (Å²) >= 11 is 0. The molecule has 10 heteroatoms. The Kier molecular flexibility index (Phi) is 6.03. The average molecular weight is 445 g/mol. The van der Waals surface area contributed by atoms with E-state index in [0.717, 1.165) is 22.4 Å². The van der Waals surface area contributed by atoms with E-state index in [1.165, 1.54) is 16.4 Å². The van der Waals surface area contributed by atoms with Gasteiger partial charge in [0.15, 0.2) is 0 Å². The van der Waals surface area contributed by atoms with Gasteiger partial charge in [0.25, 0.3) is 10.0 Å². The maximum absolute atomic E-state index is 12.9. The lowest BCUT2D eigenvalue weighted by molar-refractivity contribution is 0.0483. The lowest BCUT2D eigenvalue weighted by Crippen LogP contribution is -2.48. The molecule has 0 N–H and O–H groups in total. The van der Waals surface area contributed by atoms with Crippen LogP contribution in [-0.4, -0.2) is 66.3 Å². The van der Waals surface area contributed by atoms with Crippen molar-refractivity contribution in [2.45, 2.75) is 25.5 Å². The minimum atomic E-state index is -3.82. The number of furan rings is 1. The zero-order chi connectivity index (χ0) is 22.0. The number of hydrogen-bond acceptors (Lipinski definition) is 8. The van der Waals surface area contributed by atoms with Crippen molar-refractivity contribution in [2.75, 3.05) is 32.8 Å². The fraction of sp³-hybridized carbons (Fsp3) is 0.381. The molecule has 3 heterocycles. The number of ether oxygens (including phenoxy) is 1. The molecule has 0 unspecified atom stereocenters. The second kappa shape index (κ2) is 8.74. The molecule has 1 aliphatic rings. The van der Waals surface area contributed by atoms with E-state index in [-0.39, 0.29) is 17.5 Å². The molecule has 0 amide bonds. The Morgan fingerprint density at radius 3 is 2.58 bits per heavy atom. The second-order valence-corrected chi connectivity index (χ2v) is 9.13. The average Bonchev–Trinajstić information content (AvgIpc) is 3.26. The van der Waals surface area contributed by atoms with Crippen LogP contribution in [0.25, 0.3) is 10.9 Å². The third-order valence-electron chi connectivity index (χ3n) is 5.19. The summed E-state index contributed by atoms with van der Waals surface area (Å²) in [5, 5.41) is 0.778. The first kappa shape index (κ1) is 21.4. The summed E-state index contributed by atoms with van der Waals surface area (Å²) in [5.74, 6) is -0.0834. The number of sulfonamides is 1. The molecule has 1 aromatic carbocycles. The molecule has 4 rings (SSSR count). The van der Waals surface area contributed by atoms with Gasteiger partial charge in [-0.1, -0.05) is 18.2 Å². The van der Waals surface area contributed by atoms with Crippen LogP contribution in [0.1, 0.15) is 29.0 Å². The van der Waals surface area contributed by atoms with Gasteiger partial charge in [-0.25, -0.2) is 23.2 Å². The van der Waals surface area contributed by atoms with E-state index in [9.17, 15) is 13.2 Å². The molecule has 31 heavy (non-hydrogen) atoms. The Bertz CT molecular complexity index is 1200. The Balaban J connectivity index is 1.41. The lowest BCUT2D eigenvalue weighted by Gasteiger charge is -2.33. The molecule has 0 aliphatic carbocycles. The molecule has 3 aromatic rings. The SMILES string of the molecule is CCOC(=O)c1ccc(S(=O)(=O)N2CCN(Cc3nc(C)c4ccccc4n3)CC2)o1. The number of hydrogen-bond donors (Lipinski definition) is 0. The Morgan fingerprint density at radius 1 is 1.10 bits per heavy atom. The van der Waals surface area contributed by atoms with Gasteiger partial charge in [-0.15, -0.1) is 0 Å². The first-order valence-corrected chi connectivity index (χ1v) is 11.5. The summed E-state index contributed by atoms with van der Waals surface area (Å²) in [6, 6.07) is 10.5. The zero-order valence-electron chi connectivity index (χ0n) is 17.4. The Morgan fingerprint density at radius 2 is 1.84 bits per heavy atom. The standard InChI is InChI=1S/C21H24N4O5S/c1-3-29-21(26)18-8-9-20(30-18)31(27,28)25-12-10-24(11-13-25)14-19-22-15(2)16-6-4-5-7-17(16)23-19/h4-9H,3,10-14H2,1-2H3. The summed E-state index contributed by atoms with van der Waals surface area (Å²) in [6.07, 6.45) is 0. The van der Waals surface area contributed by atoms with Crippen molar-refractivity contribution < 1.29 is 22.4 Å². The molecule has 0 bridgehead atoms. The monoisotopic (exact) mass is 444 g/mol. The number of aromatic nitrogens is 2. The van der Waals surface area contributed by atoms with Crippen molar-refractivity contribution in [3.63, 3.8) is 0 Å². The van der Waals surface area contributed by atoms with Crippen LogP contribution in [0.5, 0.6) is 0 Å². The van der Waals surface area contributed by atoms with Crippen LogP contribution in [0.3, 0.4) is 0 Å². The highest BCUT2D eigenvalue weighted by atomic mass is 32.2. The number of nitrogens with zero attached hydrogens (tertiary/aromatic N) is 4. The normalized spacial score (nSPS) is 15.9. The van der Waals surface area contributed by atoms with Gasteiger partial charge in [0.05, 0.1) is 18.7 Å². The van der Waals surface area contributed by atoms with Gasteiger partial charge in [-0.3, -0.25) is 4.90 Å².